The van der Waals surface area contributed by atoms with Crippen LogP contribution < -0.4 is 15.2 Å². The van der Waals surface area contributed by atoms with Crippen molar-refractivity contribution in [3.05, 3.63) is 18.2 Å². The fraction of sp³-hybridized carbons (Fsp3) is 0.571. The first-order valence-electron chi connectivity index (χ1n) is 6.85. The average Bonchev–Trinajstić information content (AvgIpc) is 2.43. The molecule has 0 aliphatic carbocycles. The van der Waals surface area contributed by atoms with Crippen molar-refractivity contribution >= 4 is 15.7 Å². The molecule has 21 heavy (non-hydrogen) atoms. The van der Waals surface area contributed by atoms with Crippen molar-refractivity contribution < 1.29 is 17.9 Å². The lowest BCUT2D eigenvalue weighted by atomic mass is 10.1. The molecule has 0 amide bonds. The fourth-order valence-electron chi connectivity index (χ4n) is 1.77. The van der Waals surface area contributed by atoms with Gasteiger partial charge in [-0.25, -0.2) is 13.1 Å². The van der Waals surface area contributed by atoms with Crippen molar-refractivity contribution in [1.29, 1.82) is 0 Å². The van der Waals surface area contributed by atoms with Gasteiger partial charge in [-0.15, -0.1) is 0 Å². The minimum absolute atomic E-state index is 0.0344. The molecule has 1 aromatic rings. The first kappa shape index (κ1) is 17.7. The summed E-state index contributed by atoms with van der Waals surface area (Å²) in [7, 11) is -2.31. The van der Waals surface area contributed by atoms with Crippen LogP contribution in [0.1, 0.15) is 20.8 Å². The van der Waals surface area contributed by atoms with Crippen molar-refractivity contribution in [1.82, 2.24) is 4.72 Å². The van der Waals surface area contributed by atoms with Crippen molar-refractivity contribution in [2.24, 2.45) is 5.92 Å². The summed E-state index contributed by atoms with van der Waals surface area (Å²) >= 11 is 0. The van der Waals surface area contributed by atoms with Gasteiger partial charge >= 0.3 is 0 Å². The first-order chi connectivity index (χ1) is 9.81. The molecule has 0 heterocycles. The fourth-order valence-corrected chi connectivity index (χ4v) is 3.35. The van der Waals surface area contributed by atoms with Gasteiger partial charge in [-0.3, -0.25) is 0 Å². The molecule has 1 atom stereocenters. The Morgan fingerprint density at radius 3 is 2.52 bits per heavy atom. The van der Waals surface area contributed by atoms with E-state index in [0.717, 1.165) is 0 Å². The third-order valence-electron chi connectivity index (χ3n) is 3.09. The molecule has 0 aliphatic rings. The van der Waals surface area contributed by atoms with Crippen LogP contribution in [0.25, 0.3) is 0 Å². The van der Waals surface area contributed by atoms with Gasteiger partial charge in [0.2, 0.25) is 10.0 Å². The molecule has 3 N–H and O–H groups in total. The monoisotopic (exact) mass is 316 g/mol. The van der Waals surface area contributed by atoms with Crippen LogP contribution in [0.3, 0.4) is 0 Å². The second kappa shape index (κ2) is 7.63. The number of ether oxygens (including phenoxy) is 2. The zero-order chi connectivity index (χ0) is 16.0. The predicted octanol–water partition coefficient (Wildman–Crippen LogP) is 1.62. The van der Waals surface area contributed by atoms with Gasteiger partial charge in [0.1, 0.15) is 10.6 Å². The van der Waals surface area contributed by atoms with Gasteiger partial charge < -0.3 is 15.2 Å². The van der Waals surface area contributed by atoms with Gasteiger partial charge in [-0.1, -0.05) is 13.8 Å². The molecule has 1 aromatic carbocycles. The van der Waals surface area contributed by atoms with E-state index in [0.29, 0.717) is 18.9 Å². The van der Waals surface area contributed by atoms with E-state index >= 15 is 0 Å². The van der Waals surface area contributed by atoms with E-state index in [9.17, 15) is 8.42 Å². The van der Waals surface area contributed by atoms with E-state index in [-0.39, 0.29) is 22.6 Å². The van der Waals surface area contributed by atoms with Crippen molar-refractivity contribution in [3.8, 4) is 5.75 Å². The number of sulfonamides is 1. The summed E-state index contributed by atoms with van der Waals surface area (Å²) in [6.45, 7) is 6.59. The first-order valence-corrected chi connectivity index (χ1v) is 8.33. The number of nitrogen functional groups attached to an aromatic ring is 1. The minimum atomic E-state index is -3.74. The van der Waals surface area contributed by atoms with Crippen molar-refractivity contribution in [2.45, 2.75) is 31.7 Å². The van der Waals surface area contributed by atoms with Crippen LogP contribution in [0.5, 0.6) is 5.75 Å². The zero-order valence-electron chi connectivity index (χ0n) is 12.9. The van der Waals surface area contributed by atoms with E-state index in [4.69, 9.17) is 15.2 Å². The van der Waals surface area contributed by atoms with Crippen LogP contribution >= 0.6 is 0 Å². The quantitative estimate of drug-likeness (QED) is 0.711. The molecule has 6 nitrogen and oxygen atoms in total. The third-order valence-corrected chi connectivity index (χ3v) is 4.60. The van der Waals surface area contributed by atoms with E-state index in [1.165, 1.54) is 19.2 Å². The van der Waals surface area contributed by atoms with Crippen molar-refractivity contribution in [3.63, 3.8) is 0 Å². The van der Waals surface area contributed by atoms with E-state index in [2.05, 4.69) is 4.72 Å². The van der Waals surface area contributed by atoms with E-state index in [1.807, 2.05) is 20.8 Å². The Balaban J connectivity index is 3.07. The number of anilines is 1. The van der Waals surface area contributed by atoms with Gasteiger partial charge in [-0.05, 0) is 31.0 Å². The van der Waals surface area contributed by atoms with Gasteiger partial charge in [0.15, 0.2) is 0 Å². The SMILES string of the molecule is CCOCC(NS(=O)(=O)c1cc(N)ccc1OC)C(C)C. The van der Waals surface area contributed by atoms with Crippen LogP contribution in [0, 0.1) is 5.92 Å². The number of hydrogen-bond donors (Lipinski definition) is 2. The topological polar surface area (TPSA) is 90.7 Å². The van der Waals surface area contributed by atoms with E-state index < -0.39 is 10.0 Å². The summed E-state index contributed by atoms with van der Waals surface area (Å²) in [6, 6.07) is 4.20. The number of methoxy groups -OCH3 is 1. The maximum atomic E-state index is 12.5. The van der Waals surface area contributed by atoms with Crippen molar-refractivity contribution in [2.75, 3.05) is 26.1 Å². The standard InChI is InChI=1S/C14H24N2O4S/c1-5-20-9-12(10(2)3)16-21(17,18)14-8-11(15)6-7-13(14)19-4/h6-8,10,12,16H,5,9,15H2,1-4H3. The molecule has 0 bridgehead atoms. The van der Waals surface area contributed by atoms with Crippen LogP contribution in [0.4, 0.5) is 5.69 Å². The van der Waals surface area contributed by atoms with Crippen LogP contribution in [0.15, 0.2) is 23.1 Å². The number of hydrogen-bond acceptors (Lipinski definition) is 5. The molecule has 0 saturated heterocycles. The van der Waals surface area contributed by atoms with Crippen LogP contribution in [-0.2, 0) is 14.8 Å². The maximum absolute atomic E-state index is 12.5. The second-order valence-corrected chi connectivity index (χ2v) is 6.72. The summed E-state index contributed by atoms with van der Waals surface area (Å²) in [5.41, 5.74) is 6.04. The Labute approximate surface area is 126 Å². The lowest BCUT2D eigenvalue weighted by Crippen LogP contribution is -2.41. The molecule has 0 aromatic heterocycles. The highest BCUT2D eigenvalue weighted by Crippen LogP contribution is 2.26. The van der Waals surface area contributed by atoms with Gasteiger partial charge in [0.25, 0.3) is 0 Å². The van der Waals surface area contributed by atoms with Crippen LogP contribution in [-0.4, -0.2) is 34.8 Å². The zero-order valence-corrected chi connectivity index (χ0v) is 13.7. The molecule has 0 spiro atoms. The molecule has 1 unspecified atom stereocenters. The third kappa shape index (κ3) is 4.87. The Kier molecular flexibility index (Phi) is 6.44. The Hall–Kier alpha value is -1.31. The van der Waals surface area contributed by atoms with Gasteiger partial charge in [0, 0.05) is 18.3 Å². The van der Waals surface area contributed by atoms with E-state index in [1.54, 1.807) is 6.07 Å². The molecule has 0 radical (unpaired) electrons. The molecular weight excluding hydrogens is 292 g/mol. The number of nitrogens with two attached hydrogens (primary N) is 1. The predicted molar refractivity (Wildman–Crippen MR) is 82.8 cm³/mol. The molecule has 0 aliphatic heterocycles. The minimum Gasteiger partial charge on any atom is -0.495 e. The summed E-state index contributed by atoms with van der Waals surface area (Å²) in [4.78, 5) is 0.0344. The number of rotatable bonds is 8. The molecule has 7 heteroatoms. The normalized spacial score (nSPS) is 13.4. The molecule has 120 valence electrons. The molecule has 0 saturated carbocycles. The molecular formula is C14H24N2O4S. The summed E-state index contributed by atoms with van der Waals surface area (Å²) in [6.07, 6.45) is 0. The van der Waals surface area contributed by atoms with Gasteiger partial charge in [-0.2, -0.15) is 0 Å². The lowest BCUT2D eigenvalue weighted by Gasteiger charge is -2.22. The van der Waals surface area contributed by atoms with Gasteiger partial charge in [0.05, 0.1) is 13.7 Å². The Morgan fingerprint density at radius 2 is 2.00 bits per heavy atom. The number of nitrogens with one attached hydrogen (secondary N) is 1. The average molecular weight is 316 g/mol. The highest BCUT2D eigenvalue weighted by atomic mass is 32.2. The maximum Gasteiger partial charge on any atom is 0.244 e. The molecule has 0 fully saturated rings. The summed E-state index contributed by atoms with van der Waals surface area (Å²) in [5.74, 6) is 0.356. The van der Waals surface area contributed by atoms with Crippen LogP contribution in [0.2, 0.25) is 0 Å². The summed E-state index contributed by atoms with van der Waals surface area (Å²) in [5, 5.41) is 0. The molecule has 1 rings (SSSR count). The smallest absolute Gasteiger partial charge is 0.244 e. The lowest BCUT2D eigenvalue weighted by molar-refractivity contribution is 0.116. The second-order valence-electron chi connectivity index (χ2n) is 5.04. The summed E-state index contributed by atoms with van der Waals surface area (Å²) < 4.78 is 38.2. The largest absolute Gasteiger partial charge is 0.495 e. The Bertz CT molecular complexity index is 558. The highest BCUT2D eigenvalue weighted by Gasteiger charge is 2.25. The highest BCUT2D eigenvalue weighted by molar-refractivity contribution is 7.89. The Morgan fingerprint density at radius 1 is 1.33 bits per heavy atom. The number of benzene rings is 1.